The maximum absolute atomic E-state index is 12.5. The highest BCUT2D eigenvalue weighted by molar-refractivity contribution is 7.85. The Labute approximate surface area is 164 Å². The molecule has 8 nitrogen and oxygen atoms in total. The fourth-order valence-corrected chi connectivity index (χ4v) is 4.21. The number of aliphatic imine (C=N–C) groups is 1. The Morgan fingerprint density at radius 1 is 1.43 bits per heavy atom. The Hall–Kier alpha value is -2.94. The molecule has 4 heterocycles. The number of carbonyl (C=O) groups excluding carboxylic acids is 1. The third-order valence-corrected chi connectivity index (χ3v) is 5.82. The Kier molecular flexibility index (Phi) is 4.99. The average molecular weight is 401 g/mol. The number of pyridine rings is 1. The van der Waals surface area contributed by atoms with Crippen LogP contribution in [0.1, 0.15) is 28.6 Å². The molecule has 2 aliphatic rings. The largest absolute Gasteiger partial charge is 0.504 e. The van der Waals surface area contributed by atoms with Crippen molar-refractivity contribution in [2.45, 2.75) is 6.92 Å². The second-order valence-corrected chi connectivity index (χ2v) is 7.98. The first-order valence-corrected chi connectivity index (χ1v) is 10.4. The molecule has 28 heavy (non-hydrogen) atoms. The summed E-state index contributed by atoms with van der Waals surface area (Å²) in [7, 11) is -0.881. The predicted octanol–water partition coefficient (Wildman–Crippen LogP) is 2.38. The molecule has 1 N–H and O–H groups in total. The standard InChI is InChI=1S/C19H19N3O5S/c1-2-26-19(24)15-16(23)14(27-18(15)22-6-8-28(25)9-7-22)10-12-11-21-17-13(12)4-3-5-20-17/h3-5,10-11,23H,2,6-9H2,1H3. The van der Waals surface area contributed by atoms with Gasteiger partial charge in [-0.25, -0.2) is 14.8 Å². The van der Waals surface area contributed by atoms with Crippen LogP contribution in [0.5, 0.6) is 5.75 Å². The van der Waals surface area contributed by atoms with Crippen LogP contribution in [0.15, 0.2) is 27.7 Å². The van der Waals surface area contributed by atoms with Gasteiger partial charge in [-0.15, -0.1) is 0 Å². The molecule has 0 bridgehead atoms. The first-order valence-electron chi connectivity index (χ1n) is 8.92. The van der Waals surface area contributed by atoms with E-state index < -0.39 is 16.8 Å². The maximum atomic E-state index is 12.5. The fourth-order valence-electron chi connectivity index (χ4n) is 3.16. The lowest BCUT2D eigenvalue weighted by molar-refractivity contribution is 0.0523. The van der Waals surface area contributed by atoms with Crippen molar-refractivity contribution in [3.8, 4) is 5.75 Å². The highest BCUT2D eigenvalue weighted by atomic mass is 32.2. The van der Waals surface area contributed by atoms with Gasteiger partial charge in [0, 0.05) is 58.9 Å². The average Bonchev–Trinajstić information content (AvgIpc) is 3.25. The van der Waals surface area contributed by atoms with Crippen LogP contribution in [-0.4, -0.2) is 57.7 Å². The van der Waals surface area contributed by atoms with Gasteiger partial charge in [-0.1, -0.05) is 0 Å². The number of rotatable bonds is 4. The molecule has 2 aliphatic heterocycles. The van der Waals surface area contributed by atoms with Crippen molar-refractivity contribution in [1.82, 2.24) is 4.98 Å². The number of ether oxygens (including phenoxy) is 1. The number of carbonyl (C=O) groups is 1. The quantitative estimate of drug-likeness (QED) is 0.784. The van der Waals surface area contributed by atoms with Crippen LogP contribution >= 0.6 is 0 Å². The van der Waals surface area contributed by atoms with Crippen molar-refractivity contribution in [1.29, 1.82) is 0 Å². The molecule has 0 unspecified atom stereocenters. The molecule has 0 saturated carbocycles. The molecule has 0 aromatic carbocycles. The van der Waals surface area contributed by atoms with Gasteiger partial charge < -0.3 is 19.2 Å². The number of hydrogen-bond acceptors (Lipinski definition) is 8. The van der Waals surface area contributed by atoms with E-state index in [4.69, 9.17) is 9.15 Å². The summed E-state index contributed by atoms with van der Waals surface area (Å²) < 4.78 is 22.6. The second-order valence-electron chi connectivity index (χ2n) is 6.28. The summed E-state index contributed by atoms with van der Waals surface area (Å²) in [5, 5.41) is 10.7. The predicted molar refractivity (Wildman–Crippen MR) is 107 cm³/mol. The number of fused-ring (bicyclic) bond motifs is 1. The molecule has 0 spiro atoms. The molecule has 1 fully saturated rings. The number of aromatic nitrogens is 1. The van der Waals surface area contributed by atoms with E-state index in [1.165, 1.54) is 0 Å². The monoisotopic (exact) mass is 401 g/mol. The Balaban J connectivity index is 1.76. The molecule has 2 aromatic heterocycles. The molecule has 1 saturated heterocycles. The summed E-state index contributed by atoms with van der Waals surface area (Å²) in [6.45, 7) is 2.81. The minimum absolute atomic E-state index is 0.0114. The highest BCUT2D eigenvalue weighted by Crippen LogP contribution is 2.40. The smallest absolute Gasteiger partial charge is 0.347 e. The molecule has 4 rings (SSSR count). The van der Waals surface area contributed by atoms with Crippen molar-refractivity contribution < 1.29 is 23.3 Å². The summed E-state index contributed by atoms with van der Waals surface area (Å²) in [6.07, 6.45) is 4.91. The zero-order valence-electron chi connectivity index (χ0n) is 15.3. The lowest BCUT2D eigenvalue weighted by Crippen LogP contribution is -2.38. The molecule has 0 radical (unpaired) electrons. The summed E-state index contributed by atoms with van der Waals surface area (Å²) in [5.74, 6) is 0.987. The molecule has 0 atom stereocenters. The number of esters is 1. The van der Waals surface area contributed by atoms with Crippen LogP contribution in [0.25, 0.3) is 11.6 Å². The van der Waals surface area contributed by atoms with E-state index in [1.54, 1.807) is 31.5 Å². The van der Waals surface area contributed by atoms with E-state index in [1.807, 2.05) is 11.0 Å². The first-order chi connectivity index (χ1) is 13.6. The van der Waals surface area contributed by atoms with E-state index in [-0.39, 0.29) is 29.6 Å². The van der Waals surface area contributed by atoms with Gasteiger partial charge in [-0.3, -0.25) is 4.21 Å². The lowest BCUT2D eigenvalue weighted by Gasteiger charge is -2.26. The number of aromatic hydroxyl groups is 1. The molecule has 146 valence electrons. The van der Waals surface area contributed by atoms with E-state index in [0.29, 0.717) is 36.0 Å². The topological polar surface area (TPSA) is 105 Å². The number of allylic oxidation sites excluding steroid dienone is 1. The van der Waals surface area contributed by atoms with Gasteiger partial charge in [0.05, 0.1) is 6.61 Å². The van der Waals surface area contributed by atoms with Gasteiger partial charge >= 0.3 is 5.97 Å². The normalized spacial score (nSPS) is 17.9. The van der Waals surface area contributed by atoms with E-state index in [0.717, 1.165) is 5.56 Å². The van der Waals surface area contributed by atoms with Gasteiger partial charge in [0.1, 0.15) is 0 Å². The van der Waals surface area contributed by atoms with Gasteiger partial charge in [-0.2, -0.15) is 0 Å². The van der Waals surface area contributed by atoms with E-state index >= 15 is 0 Å². The summed E-state index contributed by atoms with van der Waals surface area (Å²) in [4.78, 5) is 22.7. The molecule has 0 aliphatic carbocycles. The minimum Gasteiger partial charge on any atom is -0.504 e. The fraction of sp³-hybridized carbons (Fsp3) is 0.316. The molecular weight excluding hydrogens is 382 g/mol. The zero-order chi connectivity index (χ0) is 19.7. The first kappa shape index (κ1) is 18.4. The van der Waals surface area contributed by atoms with Gasteiger partial charge in [0.15, 0.2) is 22.9 Å². The zero-order valence-corrected chi connectivity index (χ0v) is 16.1. The van der Waals surface area contributed by atoms with Crippen LogP contribution < -0.4 is 4.90 Å². The third-order valence-electron chi connectivity index (χ3n) is 4.55. The maximum Gasteiger partial charge on any atom is 0.347 e. The molecule has 2 aromatic rings. The number of anilines is 1. The lowest BCUT2D eigenvalue weighted by atomic mass is 10.1. The van der Waals surface area contributed by atoms with Crippen LogP contribution in [0.4, 0.5) is 11.7 Å². The Morgan fingerprint density at radius 2 is 2.21 bits per heavy atom. The van der Waals surface area contributed by atoms with Crippen molar-refractivity contribution >= 4 is 46.3 Å². The summed E-state index contributed by atoms with van der Waals surface area (Å²) >= 11 is 0. The van der Waals surface area contributed by atoms with Crippen LogP contribution in [0, 0.1) is 0 Å². The van der Waals surface area contributed by atoms with Gasteiger partial charge in [0.2, 0.25) is 5.88 Å². The van der Waals surface area contributed by atoms with Crippen molar-refractivity contribution in [3.63, 3.8) is 0 Å². The number of furan rings is 1. The van der Waals surface area contributed by atoms with Crippen molar-refractivity contribution in [2.75, 3.05) is 36.1 Å². The Morgan fingerprint density at radius 3 is 2.96 bits per heavy atom. The van der Waals surface area contributed by atoms with Crippen LogP contribution in [0.3, 0.4) is 0 Å². The Bertz CT molecular complexity index is 1000. The molecular formula is C19H19N3O5S. The number of hydrogen-bond donors (Lipinski definition) is 1. The van der Waals surface area contributed by atoms with E-state index in [2.05, 4.69) is 9.98 Å². The van der Waals surface area contributed by atoms with Crippen LogP contribution in [-0.2, 0) is 15.5 Å². The van der Waals surface area contributed by atoms with Crippen molar-refractivity contribution in [2.24, 2.45) is 4.99 Å². The highest BCUT2D eigenvalue weighted by Gasteiger charge is 2.31. The van der Waals surface area contributed by atoms with Crippen molar-refractivity contribution in [3.05, 3.63) is 35.2 Å². The molecule has 0 amide bonds. The SMILES string of the molecule is CCOC(=O)c1c(N2CCS(=O)CC2)oc(C=C2C=Nc3ncccc32)c1O. The van der Waals surface area contributed by atoms with E-state index in [9.17, 15) is 14.1 Å². The summed E-state index contributed by atoms with van der Waals surface area (Å²) in [6, 6.07) is 3.67. The number of nitrogens with zero attached hydrogens (tertiary/aromatic N) is 3. The molecule has 9 heteroatoms. The van der Waals surface area contributed by atoms with Gasteiger partial charge in [0.25, 0.3) is 0 Å². The van der Waals surface area contributed by atoms with Gasteiger partial charge in [-0.05, 0) is 25.1 Å². The minimum atomic E-state index is -0.881. The summed E-state index contributed by atoms with van der Waals surface area (Å²) in [5.41, 5.74) is 1.52. The second kappa shape index (κ2) is 7.59. The third kappa shape index (κ3) is 3.33. The van der Waals surface area contributed by atoms with Crippen LogP contribution in [0.2, 0.25) is 0 Å².